The number of fused-ring (bicyclic) bond motifs is 2. The van der Waals surface area contributed by atoms with E-state index in [0.29, 0.717) is 17.1 Å². The fraction of sp³-hybridized carbons (Fsp3) is 0.480. The van der Waals surface area contributed by atoms with Gasteiger partial charge >= 0.3 is 5.69 Å². The fourth-order valence-corrected chi connectivity index (χ4v) is 5.32. The monoisotopic (exact) mass is 509 g/mol. The number of imidazole rings is 1. The number of hydrogen-bond donors (Lipinski definition) is 1. The van der Waals surface area contributed by atoms with Gasteiger partial charge in [0.15, 0.2) is 11.5 Å². The molecule has 9 heteroatoms. The topological polar surface area (TPSA) is 59.5 Å². The van der Waals surface area contributed by atoms with Gasteiger partial charge in [0.25, 0.3) is 0 Å². The predicted octanol–water partition coefficient (Wildman–Crippen LogP) is 5.36. The van der Waals surface area contributed by atoms with E-state index < -0.39 is 0 Å². The van der Waals surface area contributed by atoms with Gasteiger partial charge in [0, 0.05) is 48.7 Å². The SMILES string of the molecule is CC1(C)Cc2cc(Cl)cc(OCCCN3CCC(n4c(=O)[nH]c5cc(F)ccc54)CC3)c2O1.Cl. The minimum atomic E-state index is -0.342. The average molecular weight is 510 g/mol. The third kappa shape index (κ3) is 5.07. The molecule has 0 spiro atoms. The van der Waals surface area contributed by atoms with Crippen molar-refractivity contribution >= 4 is 35.0 Å². The van der Waals surface area contributed by atoms with Gasteiger partial charge in [0.2, 0.25) is 0 Å². The van der Waals surface area contributed by atoms with E-state index in [2.05, 4.69) is 23.7 Å². The van der Waals surface area contributed by atoms with Crippen LogP contribution in [0, 0.1) is 5.82 Å². The first kappa shape index (κ1) is 24.9. The summed E-state index contributed by atoms with van der Waals surface area (Å²) in [5, 5.41) is 0.669. The van der Waals surface area contributed by atoms with Crippen LogP contribution < -0.4 is 15.2 Å². The second-order valence-electron chi connectivity index (χ2n) is 9.67. The van der Waals surface area contributed by atoms with Gasteiger partial charge in [-0.05, 0) is 57.4 Å². The smallest absolute Gasteiger partial charge is 0.326 e. The summed E-state index contributed by atoms with van der Waals surface area (Å²) in [6, 6.07) is 8.38. The Kier molecular flexibility index (Phi) is 7.17. The maximum Gasteiger partial charge on any atom is 0.326 e. The van der Waals surface area contributed by atoms with Crippen LogP contribution in [0.5, 0.6) is 11.5 Å². The molecule has 0 radical (unpaired) electrons. The summed E-state index contributed by atoms with van der Waals surface area (Å²) in [6.07, 6.45) is 3.48. The Bertz CT molecular complexity index is 1230. The summed E-state index contributed by atoms with van der Waals surface area (Å²) in [5.41, 5.74) is 2.02. The molecule has 2 aromatic carbocycles. The van der Waals surface area contributed by atoms with Crippen LogP contribution in [0.15, 0.2) is 35.1 Å². The highest BCUT2D eigenvalue weighted by Gasteiger charge is 2.33. The zero-order chi connectivity index (χ0) is 23.2. The largest absolute Gasteiger partial charge is 0.490 e. The van der Waals surface area contributed by atoms with Crippen LogP contribution in [0.25, 0.3) is 11.0 Å². The Morgan fingerprint density at radius 2 is 2.00 bits per heavy atom. The second-order valence-corrected chi connectivity index (χ2v) is 10.1. The molecule has 3 heterocycles. The van der Waals surface area contributed by atoms with Crippen molar-refractivity contribution in [2.24, 2.45) is 0 Å². The standard InChI is InChI=1S/C25H29ClFN3O3.ClH/c1-25(2)15-16-12-17(26)13-22(23(16)33-25)32-11-3-8-29-9-6-19(7-10-29)30-21-5-4-18(27)14-20(21)28-24(30)31;/h4-5,12-14,19H,3,6-11,15H2,1-2H3,(H,28,31);1H. The maximum absolute atomic E-state index is 13.5. The Labute approximate surface area is 209 Å². The number of likely N-dealkylation sites (tertiary alicyclic amines) is 1. The number of halogens is 3. The molecule has 34 heavy (non-hydrogen) atoms. The Hall–Kier alpha value is -2.22. The van der Waals surface area contributed by atoms with Crippen LogP contribution >= 0.6 is 24.0 Å². The molecule has 2 aliphatic heterocycles. The van der Waals surface area contributed by atoms with Crippen LogP contribution in [0.4, 0.5) is 4.39 Å². The summed E-state index contributed by atoms with van der Waals surface area (Å²) in [7, 11) is 0. The van der Waals surface area contributed by atoms with Gasteiger partial charge in [-0.2, -0.15) is 0 Å². The molecule has 0 unspecified atom stereocenters. The number of piperidine rings is 1. The van der Waals surface area contributed by atoms with E-state index in [0.717, 1.165) is 67.9 Å². The van der Waals surface area contributed by atoms with Crippen LogP contribution in [0.2, 0.25) is 5.02 Å². The first-order valence-corrected chi connectivity index (χ1v) is 11.9. The van der Waals surface area contributed by atoms with Crippen molar-refractivity contribution in [1.82, 2.24) is 14.5 Å². The summed E-state index contributed by atoms with van der Waals surface area (Å²) < 4.78 is 27.4. The summed E-state index contributed by atoms with van der Waals surface area (Å²) in [6.45, 7) is 7.47. The molecule has 1 saturated heterocycles. The number of nitrogens with one attached hydrogen (secondary N) is 1. The summed E-state index contributed by atoms with van der Waals surface area (Å²) in [5.74, 6) is 1.19. The number of ether oxygens (including phenoxy) is 2. The number of aromatic amines is 1. The van der Waals surface area contributed by atoms with E-state index in [1.165, 1.54) is 12.1 Å². The van der Waals surface area contributed by atoms with Crippen LogP contribution in [-0.2, 0) is 6.42 Å². The molecule has 5 rings (SSSR count). The zero-order valence-corrected chi connectivity index (χ0v) is 21.0. The van der Waals surface area contributed by atoms with Gasteiger partial charge in [0.1, 0.15) is 11.4 Å². The molecule has 0 bridgehead atoms. The van der Waals surface area contributed by atoms with Crippen molar-refractivity contribution in [2.45, 2.75) is 51.2 Å². The molecule has 6 nitrogen and oxygen atoms in total. The first-order valence-electron chi connectivity index (χ1n) is 11.6. The molecule has 0 amide bonds. The van der Waals surface area contributed by atoms with Crippen LogP contribution in [-0.4, -0.2) is 46.3 Å². The Balaban J connectivity index is 0.00000274. The molecule has 1 fully saturated rings. The van der Waals surface area contributed by atoms with Crippen molar-refractivity contribution in [3.63, 3.8) is 0 Å². The van der Waals surface area contributed by atoms with Crippen molar-refractivity contribution in [3.8, 4) is 11.5 Å². The van der Waals surface area contributed by atoms with E-state index in [-0.39, 0.29) is 35.6 Å². The van der Waals surface area contributed by atoms with Gasteiger partial charge in [-0.25, -0.2) is 9.18 Å². The molecule has 0 aliphatic carbocycles. The van der Waals surface area contributed by atoms with Crippen molar-refractivity contribution in [2.75, 3.05) is 26.2 Å². The van der Waals surface area contributed by atoms with Crippen molar-refractivity contribution in [1.29, 1.82) is 0 Å². The van der Waals surface area contributed by atoms with Gasteiger partial charge in [-0.15, -0.1) is 12.4 Å². The number of benzene rings is 2. The van der Waals surface area contributed by atoms with Crippen LogP contribution in [0.3, 0.4) is 0 Å². The predicted molar refractivity (Wildman–Crippen MR) is 134 cm³/mol. The van der Waals surface area contributed by atoms with Gasteiger partial charge in [-0.1, -0.05) is 11.6 Å². The molecule has 2 aliphatic rings. The number of aromatic nitrogens is 2. The minimum absolute atomic E-state index is 0. The van der Waals surface area contributed by atoms with E-state index in [1.54, 1.807) is 10.6 Å². The Morgan fingerprint density at radius 1 is 1.24 bits per heavy atom. The normalized spacial score (nSPS) is 17.9. The number of rotatable bonds is 6. The Morgan fingerprint density at radius 3 is 2.76 bits per heavy atom. The number of hydrogen-bond acceptors (Lipinski definition) is 4. The van der Waals surface area contributed by atoms with E-state index in [4.69, 9.17) is 21.1 Å². The van der Waals surface area contributed by atoms with Gasteiger partial charge < -0.3 is 19.4 Å². The highest BCUT2D eigenvalue weighted by molar-refractivity contribution is 6.30. The van der Waals surface area contributed by atoms with Crippen molar-refractivity contribution in [3.05, 3.63) is 57.2 Å². The lowest BCUT2D eigenvalue weighted by molar-refractivity contribution is 0.130. The zero-order valence-electron chi connectivity index (χ0n) is 19.4. The van der Waals surface area contributed by atoms with E-state index in [1.807, 2.05) is 12.1 Å². The quantitative estimate of drug-likeness (QED) is 0.454. The molecular weight excluding hydrogens is 480 g/mol. The average Bonchev–Trinajstić information content (AvgIpc) is 3.25. The van der Waals surface area contributed by atoms with E-state index in [9.17, 15) is 9.18 Å². The highest BCUT2D eigenvalue weighted by atomic mass is 35.5. The van der Waals surface area contributed by atoms with Gasteiger partial charge in [0.05, 0.1) is 17.6 Å². The number of nitrogens with zero attached hydrogens (tertiary/aromatic N) is 2. The molecular formula is C25H30Cl2FN3O3. The minimum Gasteiger partial charge on any atom is -0.490 e. The number of H-pyrrole nitrogens is 1. The third-order valence-corrected chi connectivity index (χ3v) is 6.79. The highest BCUT2D eigenvalue weighted by Crippen LogP contribution is 2.43. The fourth-order valence-electron chi connectivity index (χ4n) is 5.09. The molecule has 3 aromatic rings. The van der Waals surface area contributed by atoms with E-state index >= 15 is 0 Å². The van der Waals surface area contributed by atoms with Crippen LogP contribution in [0.1, 0.15) is 44.7 Å². The van der Waals surface area contributed by atoms with Gasteiger partial charge in [-0.3, -0.25) is 4.57 Å². The molecule has 184 valence electrons. The lowest BCUT2D eigenvalue weighted by Gasteiger charge is -2.32. The maximum atomic E-state index is 13.5. The molecule has 1 aromatic heterocycles. The van der Waals surface area contributed by atoms with Crippen molar-refractivity contribution < 1.29 is 13.9 Å². The summed E-state index contributed by atoms with van der Waals surface area (Å²) >= 11 is 6.28. The second kappa shape index (κ2) is 9.80. The first-order chi connectivity index (χ1) is 15.8. The lowest BCUT2D eigenvalue weighted by Crippen LogP contribution is -2.37. The third-order valence-electron chi connectivity index (χ3n) is 6.57. The molecule has 1 N–H and O–H groups in total. The molecule has 0 saturated carbocycles. The summed E-state index contributed by atoms with van der Waals surface area (Å²) in [4.78, 5) is 17.6. The molecule has 0 atom stereocenters. The lowest BCUT2D eigenvalue weighted by atomic mass is 10.0.